The molecule has 2 aromatic heterocycles. The van der Waals surface area contributed by atoms with Crippen molar-refractivity contribution >= 4 is 16.7 Å². The third-order valence-corrected chi connectivity index (χ3v) is 5.04. The highest BCUT2D eigenvalue weighted by Crippen LogP contribution is 2.22. The fourth-order valence-corrected chi connectivity index (χ4v) is 3.60. The number of amides is 1. The molecule has 26 heavy (non-hydrogen) atoms. The quantitative estimate of drug-likeness (QED) is 0.773. The van der Waals surface area contributed by atoms with E-state index in [0.29, 0.717) is 29.9 Å². The second-order valence-corrected chi connectivity index (χ2v) is 6.62. The molecule has 0 unspecified atom stereocenters. The summed E-state index contributed by atoms with van der Waals surface area (Å²) in [5, 5.41) is 3.19. The van der Waals surface area contributed by atoms with E-state index in [4.69, 9.17) is 0 Å². The lowest BCUT2D eigenvalue weighted by Crippen LogP contribution is -2.43. The van der Waals surface area contributed by atoms with E-state index in [9.17, 15) is 14.4 Å². The molecule has 0 spiro atoms. The first-order valence-corrected chi connectivity index (χ1v) is 8.75. The first-order chi connectivity index (χ1) is 12.6. The number of piperidine rings is 1. The van der Waals surface area contributed by atoms with Gasteiger partial charge in [0.1, 0.15) is 6.54 Å². The van der Waals surface area contributed by atoms with Crippen molar-refractivity contribution in [2.75, 3.05) is 13.1 Å². The zero-order valence-corrected chi connectivity index (χ0v) is 14.3. The first kappa shape index (κ1) is 16.4. The van der Waals surface area contributed by atoms with Gasteiger partial charge in [0, 0.05) is 31.5 Å². The molecule has 0 aliphatic carbocycles. The Balaban J connectivity index is 1.49. The maximum absolute atomic E-state index is 12.6. The molecule has 1 aliphatic heterocycles. The second kappa shape index (κ2) is 6.67. The maximum atomic E-state index is 12.6. The van der Waals surface area contributed by atoms with Gasteiger partial charge < -0.3 is 9.47 Å². The molecule has 1 aliphatic rings. The summed E-state index contributed by atoms with van der Waals surface area (Å²) in [5.74, 6) is -0.149. The Bertz CT molecular complexity index is 1040. The lowest BCUT2D eigenvalue weighted by atomic mass is 10.0. The maximum Gasteiger partial charge on any atom is 0.273 e. The van der Waals surface area contributed by atoms with Crippen LogP contribution < -0.4 is 11.1 Å². The Hall–Kier alpha value is -3.09. The Morgan fingerprint density at radius 2 is 1.65 bits per heavy atom. The van der Waals surface area contributed by atoms with Crippen LogP contribution in [0, 0.1) is 0 Å². The predicted octanol–water partition coefficient (Wildman–Crippen LogP) is 1.35. The van der Waals surface area contributed by atoms with Crippen molar-refractivity contribution < 1.29 is 4.79 Å². The molecule has 1 saturated heterocycles. The number of aromatic amines is 1. The van der Waals surface area contributed by atoms with Crippen LogP contribution in [0.15, 0.2) is 58.4 Å². The highest BCUT2D eigenvalue weighted by atomic mass is 16.2. The summed E-state index contributed by atoms with van der Waals surface area (Å²) >= 11 is 0. The van der Waals surface area contributed by atoms with Crippen molar-refractivity contribution in [2.45, 2.75) is 25.4 Å². The Labute approximate surface area is 149 Å². The number of fused-ring (bicyclic) bond motifs is 1. The fourth-order valence-electron chi connectivity index (χ4n) is 3.60. The van der Waals surface area contributed by atoms with Crippen LogP contribution in [0.1, 0.15) is 18.9 Å². The van der Waals surface area contributed by atoms with Crippen LogP contribution in [-0.4, -0.2) is 38.2 Å². The summed E-state index contributed by atoms with van der Waals surface area (Å²) in [7, 11) is 0. The molecule has 7 nitrogen and oxygen atoms in total. The van der Waals surface area contributed by atoms with E-state index in [-0.39, 0.29) is 23.6 Å². The van der Waals surface area contributed by atoms with Gasteiger partial charge in [-0.05, 0) is 37.1 Å². The molecule has 134 valence electrons. The minimum Gasteiger partial charge on any atom is -0.351 e. The van der Waals surface area contributed by atoms with Crippen LogP contribution in [0.5, 0.6) is 0 Å². The number of H-pyrrole nitrogens is 1. The highest BCUT2D eigenvalue weighted by molar-refractivity contribution is 5.81. The van der Waals surface area contributed by atoms with Crippen LogP contribution >= 0.6 is 0 Å². The number of rotatable bonds is 3. The molecule has 0 radical (unpaired) electrons. The number of hydrogen-bond acceptors (Lipinski definition) is 3. The number of carbonyl (C=O) groups is 1. The molecule has 4 rings (SSSR count). The van der Waals surface area contributed by atoms with Crippen molar-refractivity contribution in [3.8, 4) is 0 Å². The monoisotopic (exact) mass is 352 g/mol. The predicted molar refractivity (Wildman–Crippen MR) is 98.1 cm³/mol. The fraction of sp³-hybridized carbons (Fsp3) is 0.316. The number of likely N-dealkylation sites (tertiary alicyclic amines) is 1. The second-order valence-electron chi connectivity index (χ2n) is 6.62. The smallest absolute Gasteiger partial charge is 0.273 e. The van der Waals surface area contributed by atoms with Crippen LogP contribution in [0.2, 0.25) is 0 Å². The van der Waals surface area contributed by atoms with Crippen molar-refractivity contribution in [1.29, 1.82) is 0 Å². The number of hydrogen-bond donors (Lipinski definition) is 1. The van der Waals surface area contributed by atoms with Gasteiger partial charge in [-0.25, -0.2) is 4.68 Å². The van der Waals surface area contributed by atoms with E-state index in [2.05, 4.69) is 9.67 Å². The summed E-state index contributed by atoms with van der Waals surface area (Å²) in [4.78, 5) is 39.0. The van der Waals surface area contributed by atoms with Gasteiger partial charge in [0.2, 0.25) is 5.91 Å². The minimum absolute atomic E-state index is 0.146. The lowest BCUT2D eigenvalue weighted by molar-refractivity contribution is -0.133. The van der Waals surface area contributed by atoms with Gasteiger partial charge in [-0.15, -0.1) is 0 Å². The number of aromatic nitrogens is 3. The minimum atomic E-state index is -0.362. The van der Waals surface area contributed by atoms with Crippen molar-refractivity contribution in [1.82, 2.24) is 19.2 Å². The Morgan fingerprint density at radius 1 is 1.00 bits per heavy atom. The van der Waals surface area contributed by atoms with E-state index in [0.717, 1.165) is 17.5 Å². The largest absolute Gasteiger partial charge is 0.351 e. The average molecular weight is 352 g/mol. The summed E-state index contributed by atoms with van der Waals surface area (Å²) in [6.45, 7) is 1.15. The van der Waals surface area contributed by atoms with Gasteiger partial charge in [0.15, 0.2) is 0 Å². The van der Waals surface area contributed by atoms with Gasteiger partial charge in [-0.1, -0.05) is 12.1 Å². The molecule has 1 aromatic carbocycles. The third-order valence-electron chi connectivity index (χ3n) is 5.04. The van der Waals surface area contributed by atoms with E-state index < -0.39 is 0 Å². The van der Waals surface area contributed by atoms with Gasteiger partial charge in [-0.2, -0.15) is 0 Å². The standard InChI is InChI=1S/C19H20N4O3/c24-17(22-11-7-14(8-12-22)21-9-3-4-10-21)13-23-19(26)16-6-2-1-5-15(16)18(25)20-23/h1-6,9-10,14H,7-8,11-13H2,(H,20,25). The Morgan fingerprint density at radius 3 is 2.35 bits per heavy atom. The molecule has 0 saturated carbocycles. The Kier molecular flexibility index (Phi) is 4.20. The number of benzene rings is 1. The van der Waals surface area contributed by atoms with Crippen molar-refractivity contribution in [2.24, 2.45) is 0 Å². The molecular formula is C19H20N4O3. The molecular weight excluding hydrogens is 332 g/mol. The molecule has 1 N–H and O–H groups in total. The zero-order chi connectivity index (χ0) is 18.1. The van der Waals surface area contributed by atoms with Crippen molar-refractivity contribution in [3.63, 3.8) is 0 Å². The third kappa shape index (κ3) is 2.96. The van der Waals surface area contributed by atoms with E-state index in [1.165, 1.54) is 0 Å². The van der Waals surface area contributed by atoms with Gasteiger partial charge in [0.05, 0.1) is 10.8 Å². The molecule has 3 heterocycles. The van der Waals surface area contributed by atoms with Crippen LogP contribution in [-0.2, 0) is 11.3 Å². The van der Waals surface area contributed by atoms with E-state index in [1.54, 1.807) is 29.2 Å². The number of nitrogens with one attached hydrogen (secondary N) is 1. The van der Waals surface area contributed by atoms with Gasteiger partial charge >= 0.3 is 0 Å². The normalized spacial score (nSPS) is 15.5. The molecule has 7 heteroatoms. The highest BCUT2D eigenvalue weighted by Gasteiger charge is 2.24. The summed E-state index contributed by atoms with van der Waals surface area (Å²) in [6.07, 6.45) is 5.84. The van der Waals surface area contributed by atoms with E-state index in [1.807, 2.05) is 24.5 Å². The van der Waals surface area contributed by atoms with Crippen LogP contribution in [0.25, 0.3) is 10.8 Å². The van der Waals surface area contributed by atoms with Gasteiger partial charge in [-0.3, -0.25) is 19.5 Å². The topological polar surface area (TPSA) is 80.1 Å². The summed E-state index contributed by atoms with van der Waals surface area (Å²) < 4.78 is 3.29. The zero-order valence-electron chi connectivity index (χ0n) is 14.3. The number of carbonyl (C=O) groups excluding carboxylic acids is 1. The van der Waals surface area contributed by atoms with E-state index >= 15 is 0 Å². The molecule has 3 aromatic rings. The molecule has 1 amide bonds. The lowest BCUT2D eigenvalue weighted by Gasteiger charge is -2.32. The molecule has 1 fully saturated rings. The van der Waals surface area contributed by atoms with Crippen molar-refractivity contribution in [3.05, 3.63) is 69.5 Å². The van der Waals surface area contributed by atoms with Crippen LogP contribution in [0.4, 0.5) is 0 Å². The number of nitrogens with zero attached hydrogens (tertiary/aromatic N) is 3. The van der Waals surface area contributed by atoms with Gasteiger partial charge in [0.25, 0.3) is 11.1 Å². The summed E-state index contributed by atoms with van der Waals surface area (Å²) in [6, 6.07) is 11.0. The van der Waals surface area contributed by atoms with Crippen LogP contribution in [0.3, 0.4) is 0 Å². The molecule has 0 atom stereocenters. The SMILES string of the molecule is O=C(Cn1[nH]c(=O)c2ccccc2c1=O)N1CCC(n2cccc2)CC1. The summed E-state index contributed by atoms with van der Waals surface area (Å²) in [5.41, 5.74) is -0.713. The first-order valence-electron chi connectivity index (χ1n) is 8.75. The average Bonchev–Trinajstić information content (AvgIpc) is 3.21. The molecule has 0 bridgehead atoms.